The second-order valence-corrected chi connectivity index (χ2v) is 5.59. The molecule has 1 aliphatic rings. The molecule has 4 nitrogen and oxygen atoms in total. The van der Waals surface area contributed by atoms with Crippen LogP contribution in [0.4, 0.5) is 19.0 Å². The molecule has 1 aromatic heterocycles. The normalized spacial score (nSPS) is 26.4. The topological polar surface area (TPSA) is 62.2 Å². The van der Waals surface area contributed by atoms with Crippen molar-refractivity contribution in [2.75, 3.05) is 5.32 Å². The fraction of sp³-hybridized carbons (Fsp3) is 0.571. The minimum absolute atomic E-state index is 0.289. The number of aromatic nitrogens is 1. The van der Waals surface area contributed by atoms with E-state index in [9.17, 15) is 23.1 Å². The number of carbonyl (C=O) groups is 1. The van der Waals surface area contributed by atoms with Crippen molar-refractivity contribution in [2.24, 2.45) is 5.92 Å². The maximum atomic E-state index is 13.0. The van der Waals surface area contributed by atoms with Gasteiger partial charge in [-0.1, -0.05) is 6.92 Å². The number of rotatable bonds is 3. The number of pyridine rings is 1. The Morgan fingerprint density at radius 3 is 2.57 bits per heavy atom. The number of alkyl halides is 3. The summed E-state index contributed by atoms with van der Waals surface area (Å²) >= 11 is 0. The van der Waals surface area contributed by atoms with Crippen LogP contribution in [0, 0.1) is 5.92 Å². The van der Waals surface area contributed by atoms with E-state index in [1.165, 1.54) is 12.3 Å². The van der Waals surface area contributed by atoms with Crippen molar-refractivity contribution in [1.29, 1.82) is 0 Å². The Morgan fingerprint density at radius 2 is 2.05 bits per heavy atom. The molecule has 1 heterocycles. The Balaban J connectivity index is 2.33. The first kappa shape index (κ1) is 15.6. The summed E-state index contributed by atoms with van der Waals surface area (Å²) in [6.07, 6.45) is -1.45. The summed E-state index contributed by atoms with van der Waals surface area (Å²) in [6.45, 7) is 2.01. The zero-order valence-electron chi connectivity index (χ0n) is 11.6. The summed E-state index contributed by atoms with van der Waals surface area (Å²) in [7, 11) is 0. The van der Waals surface area contributed by atoms with Crippen molar-refractivity contribution in [3.05, 3.63) is 23.9 Å². The van der Waals surface area contributed by atoms with Crippen molar-refractivity contribution in [3.63, 3.8) is 0 Å². The van der Waals surface area contributed by atoms with E-state index in [1.54, 1.807) is 0 Å². The average Bonchev–Trinajstić information content (AvgIpc) is 2.41. The standard InChI is InChI=1S/C14H17F3N2O2/c1-9-4-6-13(7-5-9,12(20)21)19-11-10(14(15,16)17)3-2-8-18-11/h2-3,8-9H,4-7H2,1H3,(H,18,19)(H,20,21). The molecule has 1 saturated carbocycles. The third-order valence-electron chi connectivity index (χ3n) is 4.01. The molecule has 0 amide bonds. The van der Waals surface area contributed by atoms with Gasteiger partial charge in [0.15, 0.2) is 0 Å². The molecule has 0 saturated heterocycles. The number of nitrogens with zero attached hydrogens (tertiary/aromatic N) is 1. The summed E-state index contributed by atoms with van der Waals surface area (Å²) in [4.78, 5) is 15.3. The molecule has 1 aromatic rings. The van der Waals surface area contributed by atoms with E-state index in [-0.39, 0.29) is 12.8 Å². The lowest BCUT2D eigenvalue weighted by Gasteiger charge is -2.37. The van der Waals surface area contributed by atoms with E-state index >= 15 is 0 Å². The van der Waals surface area contributed by atoms with Gasteiger partial charge in [-0.3, -0.25) is 0 Å². The van der Waals surface area contributed by atoms with Crippen LogP contribution in [-0.4, -0.2) is 21.6 Å². The number of hydrogen-bond acceptors (Lipinski definition) is 3. The lowest BCUT2D eigenvalue weighted by atomic mass is 9.77. The second kappa shape index (κ2) is 5.54. The van der Waals surface area contributed by atoms with Crippen LogP contribution in [0.1, 0.15) is 38.2 Å². The highest BCUT2D eigenvalue weighted by Crippen LogP contribution is 2.38. The predicted molar refractivity (Wildman–Crippen MR) is 70.9 cm³/mol. The van der Waals surface area contributed by atoms with Gasteiger partial charge < -0.3 is 10.4 Å². The molecule has 116 valence electrons. The Hall–Kier alpha value is -1.79. The Morgan fingerprint density at radius 1 is 1.43 bits per heavy atom. The van der Waals surface area contributed by atoms with E-state index in [1.807, 2.05) is 6.92 Å². The molecule has 21 heavy (non-hydrogen) atoms. The van der Waals surface area contributed by atoms with Gasteiger partial charge in [0, 0.05) is 6.20 Å². The van der Waals surface area contributed by atoms with Crippen LogP contribution >= 0.6 is 0 Å². The van der Waals surface area contributed by atoms with Crippen LogP contribution < -0.4 is 5.32 Å². The van der Waals surface area contributed by atoms with Crippen LogP contribution in [0.25, 0.3) is 0 Å². The summed E-state index contributed by atoms with van der Waals surface area (Å²) < 4.78 is 38.9. The van der Waals surface area contributed by atoms with Gasteiger partial charge in [0.1, 0.15) is 11.4 Å². The molecule has 0 aromatic carbocycles. The van der Waals surface area contributed by atoms with Gasteiger partial charge in [-0.05, 0) is 43.7 Å². The maximum absolute atomic E-state index is 13.0. The average molecular weight is 302 g/mol. The zero-order valence-corrected chi connectivity index (χ0v) is 11.6. The van der Waals surface area contributed by atoms with Crippen LogP contribution in [0.2, 0.25) is 0 Å². The number of nitrogens with one attached hydrogen (secondary N) is 1. The first-order valence-electron chi connectivity index (χ1n) is 6.78. The molecule has 2 rings (SSSR count). The minimum Gasteiger partial charge on any atom is -0.480 e. The van der Waals surface area contributed by atoms with Crippen molar-refractivity contribution < 1.29 is 23.1 Å². The van der Waals surface area contributed by atoms with E-state index < -0.39 is 29.1 Å². The van der Waals surface area contributed by atoms with Gasteiger partial charge in [0.05, 0.1) is 5.56 Å². The van der Waals surface area contributed by atoms with E-state index in [2.05, 4.69) is 10.3 Å². The highest BCUT2D eigenvalue weighted by Gasteiger charge is 2.43. The summed E-state index contributed by atoms with van der Waals surface area (Å²) in [5.41, 5.74) is -2.31. The second-order valence-electron chi connectivity index (χ2n) is 5.59. The van der Waals surface area contributed by atoms with Gasteiger partial charge in [-0.25, -0.2) is 9.78 Å². The third-order valence-corrected chi connectivity index (χ3v) is 4.01. The van der Waals surface area contributed by atoms with E-state index in [0.29, 0.717) is 18.8 Å². The molecule has 0 radical (unpaired) electrons. The smallest absolute Gasteiger partial charge is 0.419 e. The molecule has 0 spiro atoms. The monoisotopic (exact) mass is 302 g/mol. The lowest BCUT2D eigenvalue weighted by molar-refractivity contribution is -0.144. The van der Waals surface area contributed by atoms with Gasteiger partial charge in [-0.2, -0.15) is 13.2 Å². The fourth-order valence-electron chi connectivity index (χ4n) is 2.61. The molecule has 0 atom stereocenters. The maximum Gasteiger partial charge on any atom is 0.419 e. The van der Waals surface area contributed by atoms with Crippen LogP contribution in [0.15, 0.2) is 18.3 Å². The highest BCUT2D eigenvalue weighted by molar-refractivity contribution is 5.83. The van der Waals surface area contributed by atoms with Crippen LogP contribution in [0.5, 0.6) is 0 Å². The van der Waals surface area contributed by atoms with Crippen LogP contribution in [0.3, 0.4) is 0 Å². The van der Waals surface area contributed by atoms with Gasteiger partial charge in [-0.15, -0.1) is 0 Å². The minimum atomic E-state index is -4.57. The molecule has 0 aliphatic heterocycles. The summed E-state index contributed by atoms with van der Waals surface area (Å²) in [5, 5.41) is 12.0. The van der Waals surface area contributed by atoms with E-state index in [4.69, 9.17) is 0 Å². The Kier molecular flexibility index (Phi) is 4.11. The zero-order chi connectivity index (χ0) is 15.7. The van der Waals surface area contributed by atoms with Gasteiger partial charge >= 0.3 is 12.1 Å². The number of anilines is 1. The lowest BCUT2D eigenvalue weighted by Crippen LogP contribution is -2.49. The molecule has 7 heteroatoms. The first-order chi connectivity index (χ1) is 9.74. The molecule has 1 fully saturated rings. The van der Waals surface area contributed by atoms with Gasteiger partial charge in [0.25, 0.3) is 0 Å². The van der Waals surface area contributed by atoms with Crippen molar-refractivity contribution in [3.8, 4) is 0 Å². The number of hydrogen-bond donors (Lipinski definition) is 2. The van der Waals surface area contributed by atoms with Crippen molar-refractivity contribution >= 4 is 11.8 Å². The largest absolute Gasteiger partial charge is 0.480 e. The summed E-state index contributed by atoms with van der Waals surface area (Å²) in [6, 6.07) is 2.08. The molecule has 0 bridgehead atoms. The Bertz CT molecular complexity index is 523. The number of aliphatic carboxylic acids is 1. The molecule has 1 aliphatic carbocycles. The molecule has 0 unspecified atom stereocenters. The number of halogens is 3. The predicted octanol–water partition coefficient (Wildman–Crippen LogP) is 3.55. The first-order valence-corrected chi connectivity index (χ1v) is 6.78. The quantitative estimate of drug-likeness (QED) is 0.896. The highest BCUT2D eigenvalue weighted by atomic mass is 19.4. The molecular formula is C14H17F3N2O2. The fourth-order valence-corrected chi connectivity index (χ4v) is 2.61. The third kappa shape index (κ3) is 3.28. The SMILES string of the molecule is CC1CCC(Nc2ncccc2C(F)(F)F)(C(=O)O)CC1. The van der Waals surface area contributed by atoms with Gasteiger partial charge in [0.2, 0.25) is 0 Å². The number of carboxylic acids is 1. The molecule has 2 N–H and O–H groups in total. The van der Waals surface area contributed by atoms with Crippen molar-refractivity contribution in [1.82, 2.24) is 4.98 Å². The summed E-state index contributed by atoms with van der Waals surface area (Å²) in [5.74, 6) is -1.17. The number of carboxylic acid groups (broad SMARTS) is 1. The van der Waals surface area contributed by atoms with Crippen molar-refractivity contribution in [2.45, 2.75) is 44.3 Å². The Labute approximate surface area is 120 Å². The van der Waals surface area contributed by atoms with Crippen LogP contribution in [-0.2, 0) is 11.0 Å². The van der Waals surface area contributed by atoms with E-state index in [0.717, 1.165) is 6.07 Å². The molecular weight excluding hydrogens is 285 g/mol.